The molecule has 5 nitrogen and oxygen atoms in total. The third kappa shape index (κ3) is 3.06. The third-order valence-electron chi connectivity index (χ3n) is 4.42. The fourth-order valence-corrected chi connectivity index (χ4v) is 3.68. The number of nitrogens with one attached hydrogen (secondary N) is 1. The van der Waals surface area contributed by atoms with E-state index in [1.807, 2.05) is 0 Å². The number of carbonyl (C=O) groups is 2. The Morgan fingerprint density at radius 3 is 2.88 bits per heavy atom. The normalized spacial score (nSPS) is 23.2. The van der Waals surface area contributed by atoms with Crippen LogP contribution >= 0.6 is 11.6 Å². The molecule has 3 rings (SSSR count). The van der Waals surface area contributed by atoms with Gasteiger partial charge in [-0.2, -0.15) is 0 Å². The third-order valence-corrected chi connectivity index (χ3v) is 4.75. The lowest BCUT2D eigenvalue weighted by atomic mass is 9.73. The number of esters is 1. The van der Waals surface area contributed by atoms with Crippen LogP contribution in [-0.2, 0) is 19.1 Å². The molecule has 1 heterocycles. The summed E-state index contributed by atoms with van der Waals surface area (Å²) in [6.07, 6.45) is 1.34. The van der Waals surface area contributed by atoms with Crippen LogP contribution in [0, 0.1) is 17.1 Å². The predicted molar refractivity (Wildman–Crippen MR) is 89.0 cm³/mol. The zero-order valence-corrected chi connectivity index (χ0v) is 14.4. The summed E-state index contributed by atoms with van der Waals surface area (Å²) in [5.74, 6) is -3.87. The number of allylic oxidation sites excluding steroid dienone is 2. The SMILES string of the molecule is CCOC(=O)C1C(=N)OC2=C(C(=O)CCC2)C1c1c(F)cccc1Cl. The van der Waals surface area contributed by atoms with Crippen LogP contribution in [-0.4, -0.2) is 24.3 Å². The molecule has 7 heteroatoms. The maximum atomic E-state index is 14.6. The Labute approximate surface area is 149 Å². The number of Topliss-reactive ketones (excluding diaryl/α,β-unsaturated/α-hetero) is 1. The van der Waals surface area contributed by atoms with Crippen molar-refractivity contribution in [3.63, 3.8) is 0 Å². The lowest BCUT2D eigenvalue weighted by Crippen LogP contribution is -2.40. The maximum Gasteiger partial charge on any atom is 0.319 e. The van der Waals surface area contributed by atoms with Gasteiger partial charge in [0.25, 0.3) is 0 Å². The second kappa shape index (κ2) is 6.96. The Morgan fingerprint density at radius 2 is 2.20 bits per heavy atom. The van der Waals surface area contributed by atoms with Gasteiger partial charge in [-0.15, -0.1) is 0 Å². The molecule has 0 radical (unpaired) electrons. The van der Waals surface area contributed by atoms with Crippen LogP contribution in [0.3, 0.4) is 0 Å². The first-order valence-corrected chi connectivity index (χ1v) is 8.46. The predicted octanol–water partition coefficient (Wildman–Crippen LogP) is 3.76. The summed E-state index contributed by atoms with van der Waals surface area (Å²) >= 11 is 6.20. The van der Waals surface area contributed by atoms with Crippen LogP contribution in [0.2, 0.25) is 5.02 Å². The van der Waals surface area contributed by atoms with Crippen molar-refractivity contribution in [1.82, 2.24) is 0 Å². The Hall–Kier alpha value is -2.21. The smallest absolute Gasteiger partial charge is 0.319 e. The van der Waals surface area contributed by atoms with Gasteiger partial charge in [0.15, 0.2) is 5.78 Å². The molecule has 1 N–H and O–H groups in total. The van der Waals surface area contributed by atoms with E-state index in [-0.39, 0.29) is 40.9 Å². The minimum absolute atomic E-state index is 0.0259. The molecule has 2 aliphatic rings. The zero-order valence-electron chi connectivity index (χ0n) is 13.6. The van der Waals surface area contributed by atoms with Crippen molar-refractivity contribution < 1.29 is 23.5 Å². The van der Waals surface area contributed by atoms with Crippen LogP contribution < -0.4 is 0 Å². The van der Waals surface area contributed by atoms with E-state index in [2.05, 4.69) is 0 Å². The van der Waals surface area contributed by atoms with Crippen molar-refractivity contribution in [2.24, 2.45) is 5.92 Å². The Morgan fingerprint density at radius 1 is 1.44 bits per heavy atom. The molecule has 0 saturated heterocycles. The molecule has 0 bridgehead atoms. The van der Waals surface area contributed by atoms with E-state index in [1.54, 1.807) is 6.92 Å². The highest BCUT2D eigenvalue weighted by Gasteiger charge is 2.48. The van der Waals surface area contributed by atoms with Crippen molar-refractivity contribution in [2.45, 2.75) is 32.1 Å². The van der Waals surface area contributed by atoms with E-state index in [0.29, 0.717) is 18.6 Å². The molecule has 2 atom stereocenters. The van der Waals surface area contributed by atoms with Gasteiger partial charge < -0.3 is 9.47 Å². The van der Waals surface area contributed by atoms with E-state index < -0.39 is 23.6 Å². The second-order valence-corrected chi connectivity index (χ2v) is 6.33. The number of hydrogen-bond donors (Lipinski definition) is 1. The Kier molecular flexibility index (Phi) is 4.90. The molecule has 2 unspecified atom stereocenters. The van der Waals surface area contributed by atoms with E-state index in [0.717, 1.165) is 0 Å². The number of carbonyl (C=O) groups excluding carboxylic acids is 2. The van der Waals surface area contributed by atoms with Crippen molar-refractivity contribution in [3.05, 3.63) is 45.9 Å². The standard InChI is InChI=1S/C18H17ClFNO4/c1-2-24-18(23)16-15(13-9(19)5-3-6-10(13)20)14-11(22)7-4-8-12(14)25-17(16)21/h3,5-6,15-16,21H,2,4,7-8H2,1H3. The molecular weight excluding hydrogens is 349 g/mol. The summed E-state index contributed by atoms with van der Waals surface area (Å²) in [5.41, 5.74) is 0.255. The van der Waals surface area contributed by atoms with E-state index in [1.165, 1.54) is 18.2 Å². The maximum absolute atomic E-state index is 14.6. The van der Waals surface area contributed by atoms with Crippen LogP contribution in [0.1, 0.15) is 37.7 Å². The fourth-order valence-electron chi connectivity index (χ4n) is 3.40. The number of rotatable bonds is 3. The molecule has 0 fully saturated rings. The minimum Gasteiger partial charge on any atom is -0.465 e. The van der Waals surface area contributed by atoms with Gasteiger partial charge in [-0.25, -0.2) is 4.39 Å². The number of hydrogen-bond acceptors (Lipinski definition) is 5. The lowest BCUT2D eigenvalue weighted by Gasteiger charge is -2.36. The van der Waals surface area contributed by atoms with Gasteiger partial charge in [0.05, 0.1) is 6.61 Å². The first-order valence-electron chi connectivity index (χ1n) is 8.08. The number of ether oxygens (including phenoxy) is 2. The van der Waals surface area contributed by atoms with Crippen LogP contribution in [0.25, 0.3) is 0 Å². The monoisotopic (exact) mass is 365 g/mol. The number of halogens is 2. The largest absolute Gasteiger partial charge is 0.465 e. The van der Waals surface area contributed by atoms with Crippen molar-refractivity contribution >= 4 is 29.3 Å². The van der Waals surface area contributed by atoms with Crippen molar-refractivity contribution in [2.75, 3.05) is 6.61 Å². The minimum atomic E-state index is -1.24. The molecule has 0 amide bonds. The lowest BCUT2D eigenvalue weighted by molar-refractivity contribution is -0.146. The topological polar surface area (TPSA) is 76.5 Å². The summed E-state index contributed by atoms with van der Waals surface area (Å²) in [7, 11) is 0. The molecule has 1 aliphatic heterocycles. The fraction of sp³-hybridized carbons (Fsp3) is 0.389. The van der Waals surface area contributed by atoms with Gasteiger partial charge in [-0.05, 0) is 25.5 Å². The van der Waals surface area contributed by atoms with Gasteiger partial charge in [0.2, 0.25) is 5.90 Å². The van der Waals surface area contributed by atoms with Crippen molar-refractivity contribution in [3.8, 4) is 0 Å². The van der Waals surface area contributed by atoms with Gasteiger partial charge in [-0.3, -0.25) is 15.0 Å². The summed E-state index contributed by atoms with van der Waals surface area (Å²) in [6, 6.07) is 4.16. The highest BCUT2D eigenvalue weighted by atomic mass is 35.5. The van der Waals surface area contributed by atoms with Gasteiger partial charge >= 0.3 is 5.97 Å². The summed E-state index contributed by atoms with van der Waals surface area (Å²) in [5, 5.41) is 8.23. The van der Waals surface area contributed by atoms with Gasteiger partial charge in [0.1, 0.15) is 17.5 Å². The van der Waals surface area contributed by atoms with Crippen molar-refractivity contribution in [1.29, 1.82) is 5.41 Å². The highest BCUT2D eigenvalue weighted by Crippen LogP contribution is 2.46. The zero-order chi connectivity index (χ0) is 18.1. The molecule has 132 valence electrons. The summed E-state index contributed by atoms with van der Waals surface area (Å²) < 4.78 is 25.1. The average molecular weight is 366 g/mol. The molecule has 0 spiro atoms. The van der Waals surface area contributed by atoms with Crippen LogP contribution in [0.5, 0.6) is 0 Å². The van der Waals surface area contributed by atoms with Gasteiger partial charge in [0, 0.05) is 34.9 Å². The first-order chi connectivity index (χ1) is 12.0. The summed E-state index contributed by atoms with van der Waals surface area (Å²) in [6.45, 7) is 1.73. The highest BCUT2D eigenvalue weighted by molar-refractivity contribution is 6.31. The van der Waals surface area contributed by atoms with E-state index >= 15 is 0 Å². The number of ketones is 1. The molecule has 1 aromatic carbocycles. The number of benzene rings is 1. The molecule has 1 aliphatic carbocycles. The molecule has 0 aromatic heterocycles. The second-order valence-electron chi connectivity index (χ2n) is 5.92. The molecule has 1 aromatic rings. The summed E-state index contributed by atoms with van der Waals surface area (Å²) in [4.78, 5) is 25.0. The molecular formula is C18H17ClFNO4. The van der Waals surface area contributed by atoms with E-state index in [4.69, 9.17) is 26.5 Å². The Bertz CT molecular complexity index is 769. The quantitative estimate of drug-likeness (QED) is 0.827. The van der Waals surface area contributed by atoms with Crippen LogP contribution in [0.15, 0.2) is 29.5 Å². The molecule has 0 saturated carbocycles. The van der Waals surface area contributed by atoms with Crippen LogP contribution in [0.4, 0.5) is 4.39 Å². The molecule has 25 heavy (non-hydrogen) atoms. The average Bonchev–Trinajstić information content (AvgIpc) is 2.54. The van der Waals surface area contributed by atoms with E-state index in [9.17, 15) is 14.0 Å². The Balaban J connectivity index is 2.23. The van der Waals surface area contributed by atoms with Gasteiger partial charge in [-0.1, -0.05) is 17.7 Å². The first kappa shape index (κ1) is 17.6.